The molecular weight excluding hydrogens is 405 g/mol. The molecule has 8 heteroatoms. The molecule has 0 aliphatic rings. The van der Waals surface area contributed by atoms with Crippen molar-refractivity contribution >= 4 is 35.0 Å². The summed E-state index contributed by atoms with van der Waals surface area (Å²) in [7, 11) is 1.62. The number of nitrogens with zero attached hydrogens (tertiary/aromatic N) is 3. The minimum absolute atomic E-state index is 0.309. The Kier molecular flexibility index (Phi) is 6.88. The van der Waals surface area contributed by atoms with Gasteiger partial charge in [0.15, 0.2) is 22.5 Å². The first-order valence-corrected chi connectivity index (χ1v) is 10.1. The van der Waals surface area contributed by atoms with Gasteiger partial charge in [-0.1, -0.05) is 53.2 Å². The molecule has 0 spiro atoms. The molecule has 0 amide bonds. The van der Waals surface area contributed by atoms with E-state index in [-0.39, 0.29) is 0 Å². The highest BCUT2D eigenvalue weighted by Gasteiger charge is 2.14. The highest BCUT2D eigenvalue weighted by molar-refractivity contribution is 7.98. The molecular formula is C19H19Cl2N3O2S. The van der Waals surface area contributed by atoms with Crippen LogP contribution in [-0.4, -0.2) is 21.9 Å². The smallest absolute Gasteiger partial charge is 0.191 e. The first-order valence-electron chi connectivity index (χ1n) is 8.37. The summed E-state index contributed by atoms with van der Waals surface area (Å²) in [6.45, 7) is 3.10. The van der Waals surface area contributed by atoms with Gasteiger partial charge in [-0.05, 0) is 36.8 Å². The molecule has 5 nitrogen and oxygen atoms in total. The van der Waals surface area contributed by atoms with Gasteiger partial charge in [-0.2, -0.15) is 0 Å². The van der Waals surface area contributed by atoms with Crippen molar-refractivity contribution < 1.29 is 9.47 Å². The van der Waals surface area contributed by atoms with Crippen molar-refractivity contribution in [3.05, 3.63) is 63.9 Å². The maximum Gasteiger partial charge on any atom is 0.191 e. The number of hydrogen-bond donors (Lipinski definition) is 0. The second-order valence-corrected chi connectivity index (χ2v) is 7.39. The lowest BCUT2D eigenvalue weighted by Gasteiger charge is -2.11. The quantitative estimate of drug-likeness (QED) is 0.448. The average Bonchev–Trinajstić information content (AvgIpc) is 3.07. The second-order valence-electron chi connectivity index (χ2n) is 5.61. The molecule has 0 atom stereocenters. The Bertz CT molecular complexity index is 918. The van der Waals surface area contributed by atoms with Gasteiger partial charge < -0.3 is 14.0 Å². The topological polar surface area (TPSA) is 49.2 Å². The molecule has 3 aromatic rings. The van der Waals surface area contributed by atoms with Crippen molar-refractivity contribution in [1.29, 1.82) is 0 Å². The Balaban J connectivity index is 1.69. The highest BCUT2D eigenvalue weighted by Crippen LogP contribution is 2.29. The standard InChI is InChI=1S/C19H19Cl2N3O2S/c1-3-24-18(11-26-17-7-5-4-6-16(17)25-2)22-23-19(24)27-12-13-8-9-14(20)10-15(13)21/h4-10H,3,11-12H2,1-2H3. The zero-order chi connectivity index (χ0) is 19.2. The maximum absolute atomic E-state index is 6.25. The zero-order valence-electron chi connectivity index (χ0n) is 15.0. The van der Waals surface area contributed by atoms with Gasteiger partial charge in [-0.15, -0.1) is 10.2 Å². The summed E-state index contributed by atoms with van der Waals surface area (Å²) in [5, 5.41) is 10.7. The third-order valence-corrected chi connectivity index (χ3v) is 5.51. The SMILES string of the molecule is CCn1c(COc2ccccc2OC)nnc1SCc1ccc(Cl)cc1Cl. The summed E-state index contributed by atoms with van der Waals surface area (Å²) in [6, 6.07) is 13.0. The maximum atomic E-state index is 6.25. The van der Waals surface area contributed by atoms with Crippen LogP contribution in [0.15, 0.2) is 47.6 Å². The Hall–Kier alpha value is -1.89. The van der Waals surface area contributed by atoms with Crippen molar-refractivity contribution in [2.45, 2.75) is 31.0 Å². The second kappa shape index (κ2) is 9.35. The molecule has 0 aliphatic carbocycles. The minimum Gasteiger partial charge on any atom is -0.493 e. The number of aromatic nitrogens is 3. The molecule has 0 radical (unpaired) electrons. The van der Waals surface area contributed by atoms with E-state index < -0.39 is 0 Å². The number of benzene rings is 2. The van der Waals surface area contributed by atoms with E-state index in [1.165, 1.54) is 0 Å². The van der Waals surface area contributed by atoms with Crippen LogP contribution in [0.4, 0.5) is 0 Å². The van der Waals surface area contributed by atoms with Crippen LogP contribution in [0.25, 0.3) is 0 Å². The van der Waals surface area contributed by atoms with E-state index in [1.807, 2.05) is 41.0 Å². The number of halogens is 2. The number of para-hydroxylation sites is 2. The molecule has 0 fully saturated rings. The summed E-state index contributed by atoms with van der Waals surface area (Å²) in [4.78, 5) is 0. The molecule has 0 N–H and O–H groups in total. The van der Waals surface area contributed by atoms with E-state index in [2.05, 4.69) is 17.1 Å². The van der Waals surface area contributed by atoms with Crippen LogP contribution >= 0.6 is 35.0 Å². The fourth-order valence-electron chi connectivity index (χ4n) is 2.51. The van der Waals surface area contributed by atoms with Crippen molar-refractivity contribution in [3.8, 4) is 11.5 Å². The summed E-state index contributed by atoms with van der Waals surface area (Å²) >= 11 is 13.8. The van der Waals surface area contributed by atoms with Gasteiger partial charge >= 0.3 is 0 Å². The lowest BCUT2D eigenvalue weighted by molar-refractivity contribution is 0.270. The van der Waals surface area contributed by atoms with Crippen molar-refractivity contribution in [3.63, 3.8) is 0 Å². The predicted molar refractivity (Wildman–Crippen MR) is 109 cm³/mol. The van der Waals surface area contributed by atoms with E-state index in [0.717, 1.165) is 23.1 Å². The van der Waals surface area contributed by atoms with Crippen LogP contribution in [0.3, 0.4) is 0 Å². The van der Waals surface area contributed by atoms with Crippen LogP contribution in [0.5, 0.6) is 11.5 Å². The molecule has 2 aromatic carbocycles. The molecule has 0 unspecified atom stereocenters. The van der Waals surface area contributed by atoms with E-state index in [0.29, 0.717) is 33.9 Å². The lowest BCUT2D eigenvalue weighted by atomic mass is 10.2. The molecule has 3 rings (SSSR count). The molecule has 0 saturated heterocycles. The molecule has 1 aromatic heterocycles. The first-order chi connectivity index (χ1) is 13.1. The summed E-state index contributed by atoms with van der Waals surface area (Å²) in [5.41, 5.74) is 1.00. The van der Waals surface area contributed by atoms with Crippen LogP contribution in [0.2, 0.25) is 10.0 Å². The molecule has 0 saturated carbocycles. The highest BCUT2D eigenvalue weighted by atomic mass is 35.5. The van der Waals surface area contributed by atoms with Crippen LogP contribution in [0.1, 0.15) is 18.3 Å². The van der Waals surface area contributed by atoms with Crippen LogP contribution in [-0.2, 0) is 18.9 Å². The van der Waals surface area contributed by atoms with Gasteiger partial charge in [0.05, 0.1) is 7.11 Å². The molecule has 142 valence electrons. The molecule has 1 heterocycles. The normalized spacial score (nSPS) is 10.8. The number of rotatable bonds is 8. The first kappa shape index (κ1) is 19.9. The average molecular weight is 424 g/mol. The number of methoxy groups -OCH3 is 1. The van der Waals surface area contributed by atoms with Gasteiger partial charge in [-0.3, -0.25) is 0 Å². The van der Waals surface area contributed by atoms with Gasteiger partial charge in [0.2, 0.25) is 0 Å². The molecule has 0 aliphatic heterocycles. The predicted octanol–water partition coefficient (Wildman–Crippen LogP) is 5.48. The third-order valence-electron chi connectivity index (χ3n) is 3.91. The van der Waals surface area contributed by atoms with Crippen LogP contribution < -0.4 is 9.47 Å². The van der Waals surface area contributed by atoms with Crippen molar-refractivity contribution in [2.24, 2.45) is 0 Å². The van der Waals surface area contributed by atoms with E-state index in [1.54, 1.807) is 24.9 Å². The number of ether oxygens (including phenoxy) is 2. The summed E-state index contributed by atoms with van der Waals surface area (Å²) in [5.74, 6) is 2.80. The molecule has 27 heavy (non-hydrogen) atoms. The fraction of sp³-hybridized carbons (Fsp3) is 0.263. The van der Waals surface area contributed by atoms with Crippen LogP contribution in [0, 0.1) is 0 Å². The van der Waals surface area contributed by atoms with Crippen molar-refractivity contribution in [1.82, 2.24) is 14.8 Å². The zero-order valence-corrected chi connectivity index (χ0v) is 17.3. The Labute approximate surface area is 172 Å². The van der Waals surface area contributed by atoms with Gasteiger partial charge in [-0.25, -0.2) is 0 Å². The van der Waals surface area contributed by atoms with Gasteiger partial charge in [0, 0.05) is 22.3 Å². The monoisotopic (exact) mass is 423 g/mol. The number of thioether (sulfide) groups is 1. The van der Waals surface area contributed by atoms with E-state index >= 15 is 0 Å². The number of hydrogen-bond acceptors (Lipinski definition) is 5. The Morgan fingerprint density at radius 3 is 2.56 bits per heavy atom. The lowest BCUT2D eigenvalue weighted by Crippen LogP contribution is -2.07. The van der Waals surface area contributed by atoms with Gasteiger partial charge in [0.25, 0.3) is 0 Å². The van der Waals surface area contributed by atoms with E-state index in [9.17, 15) is 0 Å². The molecule has 0 bridgehead atoms. The Morgan fingerprint density at radius 2 is 1.85 bits per heavy atom. The summed E-state index contributed by atoms with van der Waals surface area (Å²) < 4.78 is 13.2. The summed E-state index contributed by atoms with van der Waals surface area (Å²) in [6.07, 6.45) is 0. The fourth-order valence-corrected chi connectivity index (χ4v) is 4.09. The van der Waals surface area contributed by atoms with E-state index in [4.69, 9.17) is 32.7 Å². The Morgan fingerprint density at radius 1 is 1.07 bits per heavy atom. The largest absolute Gasteiger partial charge is 0.493 e. The van der Waals surface area contributed by atoms with Crippen molar-refractivity contribution in [2.75, 3.05) is 7.11 Å². The third kappa shape index (κ3) is 4.89. The van der Waals surface area contributed by atoms with Gasteiger partial charge in [0.1, 0.15) is 6.61 Å². The minimum atomic E-state index is 0.309.